The van der Waals surface area contributed by atoms with E-state index in [0.29, 0.717) is 11.4 Å². The van der Waals surface area contributed by atoms with Crippen molar-refractivity contribution >= 4 is 11.5 Å². The van der Waals surface area contributed by atoms with Crippen molar-refractivity contribution in [3.63, 3.8) is 0 Å². The molecule has 0 aliphatic heterocycles. The number of nitrogen functional groups attached to an aromatic ring is 1. The molecule has 0 aliphatic carbocycles. The molecule has 94 valence electrons. The van der Waals surface area contributed by atoms with Crippen LogP contribution in [-0.4, -0.2) is 14.7 Å². The predicted octanol–water partition coefficient (Wildman–Crippen LogP) is 2.29. The Morgan fingerprint density at radius 1 is 1.33 bits per heavy atom. The van der Waals surface area contributed by atoms with E-state index in [4.69, 9.17) is 5.73 Å². The predicted molar refractivity (Wildman–Crippen MR) is 68.8 cm³/mol. The largest absolute Gasteiger partial charge is 0.382 e. The van der Waals surface area contributed by atoms with Crippen LogP contribution in [0.3, 0.4) is 0 Å². The molecule has 2 aromatic rings. The van der Waals surface area contributed by atoms with E-state index >= 15 is 0 Å². The van der Waals surface area contributed by atoms with Gasteiger partial charge in [0.2, 0.25) is 0 Å². The highest BCUT2D eigenvalue weighted by Gasteiger charge is 2.18. The van der Waals surface area contributed by atoms with E-state index in [1.54, 1.807) is 23.7 Å². The number of nitrogens with two attached hydrogens (primary N) is 1. The average Bonchev–Trinajstić information content (AvgIpc) is 2.57. The third-order valence-electron chi connectivity index (χ3n) is 2.92. The fourth-order valence-electron chi connectivity index (χ4n) is 2.07. The molecule has 0 atom stereocenters. The molecule has 0 spiro atoms. The minimum absolute atomic E-state index is 0.0871. The third-order valence-corrected chi connectivity index (χ3v) is 2.92. The Labute approximate surface area is 104 Å². The number of benzene rings is 1. The van der Waals surface area contributed by atoms with Crippen molar-refractivity contribution in [1.29, 1.82) is 0 Å². The number of nitro groups is 1. The van der Waals surface area contributed by atoms with Gasteiger partial charge < -0.3 is 5.73 Å². The molecule has 0 radical (unpaired) electrons. The van der Waals surface area contributed by atoms with Crippen LogP contribution in [0.15, 0.2) is 18.2 Å². The molecule has 1 aromatic heterocycles. The molecule has 18 heavy (non-hydrogen) atoms. The standard InChI is InChI=1S/C12H14N4O2/c1-7-4-5-10(16(17)18)9(3)12(7)15-8(2)6-11(13)14-15/h4-6H,1-3H3,(H2,13,14). The highest BCUT2D eigenvalue weighted by Crippen LogP contribution is 2.28. The molecule has 0 saturated heterocycles. The minimum Gasteiger partial charge on any atom is -0.382 e. The lowest BCUT2D eigenvalue weighted by molar-refractivity contribution is -0.385. The summed E-state index contributed by atoms with van der Waals surface area (Å²) in [6.45, 7) is 5.47. The van der Waals surface area contributed by atoms with Crippen molar-refractivity contribution in [1.82, 2.24) is 9.78 Å². The summed E-state index contributed by atoms with van der Waals surface area (Å²) in [6.07, 6.45) is 0. The number of hydrogen-bond acceptors (Lipinski definition) is 4. The molecule has 0 unspecified atom stereocenters. The number of nitro benzene ring substituents is 1. The zero-order valence-corrected chi connectivity index (χ0v) is 10.5. The van der Waals surface area contributed by atoms with Gasteiger partial charge in [-0.1, -0.05) is 6.07 Å². The van der Waals surface area contributed by atoms with Gasteiger partial charge in [-0.2, -0.15) is 5.10 Å². The number of nitrogens with zero attached hydrogens (tertiary/aromatic N) is 3. The first kappa shape index (κ1) is 12.1. The van der Waals surface area contributed by atoms with E-state index in [2.05, 4.69) is 5.10 Å². The molecular weight excluding hydrogens is 232 g/mol. The van der Waals surface area contributed by atoms with Gasteiger partial charge in [0.15, 0.2) is 0 Å². The van der Waals surface area contributed by atoms with Crippen molar-refractivity contribution in [2.24, 2.45) is 0 Å². The van der Waals surface area contributed by atoms with Crippen LogP contribution in [-0.2, 0) is 0 Å². The first-order chi connectivity index (χ1) is 8.41. The van der Waals surface area contributed by atoms with Crippen molar-refractivity contribution < 1.29 is 4.92 Å². The Morgan fingerprint density at radius 3 is 2.50 bits per heavy atom. The molecule has 0 saturated carbocycles. The minimum atomic E-state index is -0.388. The quantitative estimate of drug-likeness (QED) is 0.650. The molecule has 2 N–H and O–H groups in total. The second-order valence-corrected chi connectivity index (χ2v) is 4.25. The highest BCUT2D eigenvalue weighted by molar-refractivity contribution is 5.57. The Hall–Kier alpha value is -2.37. The molecular formula is C12H14N4O2. The Kier molecular flexibility index (Phi) is 2.78. The van der Waals surface area contributed by atoms with Gasteiger partial charge in [0, 0.05) is 17.8 Å². The second-order valence-electron chi connectivity index (χ2n) is 4.25. The lowest BCUT2D eigenvalue weighted by Crippen LogP contribution is -2.06. The van der Waals surface area contributed by atoms with E-state index in [9.17, 15) is 10.1 Å². The van der Waals surface area contributed by atoms with Crippen molar-refractivity contribution in [3.8, 4) is 5.69 Å². The van der Waals surface area contributed by atoms with Gasteiger partial charge in [-0.15, -0.1) is 0 Å². The summed E-state index contributed by atoms with van der Waals surface area (Å²) in [5.41, 5.74) is 8.81. The summed E-state index contributed by atoms with van der Waals surface area (Å²) in [4.78, 5) is 10.6. The van der Waals surface area contributed by atoms with Crippen molar-refractivity contribution in [3.05, 3.63) is 45.1 Å². The SMILES string of the molecule is Cc1ccc([N+](=O)[O-])c(C)c1-n1nc(N)cc1C. The molecule has 0 bridgehead atoms. The van der Waals surface area contributed by atoms with Crippen molar-refractivity contribution in [2.45, 2.75) is 20.8 Å². The molecule has 0 amide bonds. The smallest absolute Gasteiger partial charge is 0.274 e. The van der Waals surface area contributed by atoms with Gasteiger partial charge in [-0.3, -0.25) is 10.1 Å². The lowest BCUT2D eigenvalue weighted by atomic mass is 10.1. The molecule has 0 aliphatic rings. The zero-order valence-electron chi connectivity index (χ0n) is 10.5. The summed E-state index contributed by atoms with van der Waals surface area (Å²) >= 11 is 0. The molecule has 2 rings (SSSR count). The van der Waals surface area contributed by atoms with Gasteiger partial charge in [-0.25, -0.2) is 4.68 Å². The highest BCUT2D eigenvalue weighted by atomic mass is 16.6. The summed E-state index contributed by atoms with van der Waals surface area (Å²) in [5, 5.41) is 15.1. The van der Waals surface area contributed by atoms with Crippen LogP contribution in [0.2, 0.25) is 0 Å². The Balaban J connectivity index is 2.74. The van der Waals surface area contributed by atoms with Crippen LogP contribution >= 0.6 is 0 Å². The fourth-order valence-corrected chi connectivity index (χ4v) is 2.07. The van der Waals surface area contributed by atoms with Gasteiger partial charge in [0.1, 0.15) is 5.82 Å². The topological polar surface area (TPSA) is 87.0 Å². The molecule has 6 heteroatoms. The fraction of sp³-hybridized carbons (Fsp3) is 0.250. The van der Waals surface area contributed by atoms with Crippen LogP contribution in [0.4, 0.5) is 11.5 Å². The number of aromatic nitrogens is 2. The van der Waals surface area contributed by atoms with E-state index in [1.807, 2.05) is 13.8 Å². The normalized spacial score (nSPS) is 10.6. The number of rotatable bonds is 2. The van der Waals surface area contributed by atoms with Gasteiger partial charge >= 0.3 is 0 Å². The monoisotopic (exact) mass is 246 g/mol. The summed E-state index contributed by atoms with van der Waals surface area (Å²) in [6, 6.07) is 4.96. The summed E-state index contributed by atoms with van der Waals surface area (Å²) in [5.74, 6) is 0.401. The van der Waals surface area contributed by atoms with Crippen LogP contribution in [0.1, 0.15) is 16.8 Å². The van der Waals surface area contributed by atoms with E-state index < -0.39 is 0 Å². The third kappa shape index (κ3) is 1.81. The first-order valence-electron chi connectivity index (χ1n) is 5.49. The average molecular weight is 246 g/mol. The first-order valence-corrected chi connectivity index (χ1v) is 5.49. The Bertz CT molecular complexity index is 631. The maximum absolute atomic E-state index is 11.0. The van der Waals surface area contributed by atoms with Gasteiger partial charge in [0.25, 0.3) is 5.69 Å². The van der Waals surface area contributed by atoms with Crippen LogP contribution in [0.25, 0.3) is 5.69 Å². The van der Waals surface area contributed by atoms with Gasteiger partial charge in [-0.05, 0) is 26.3 Å². The van der Waals surface area contributed by atoms with Crippen LogP contribution < -0.4 is 5.73 Å². The molecule has 1 aromatic carbocycles. The summed E-state index contributed by atoms with van der Waals surface area (Å²) in [7, 11) is 0. The number of aryl methyl sites for hydroxylation is 2. The van der Waals surface area contributed by atoms with Crippen LogP contribution in [0, 0.1) is 30.9 Å². The maximum Gasteiger partial charge on any atom is 0.274 e. The van der Waals surface area contributed by atoms with Gasteiger partial charge in [0.05, 0.1) is 16.2 Å². The van der Waals surface area contributed by atoms with Crippen LogP contribution in [0.5, 0.6) is 0 Å². The second kappa shape index (κ2) is 4.14. The zero-order chi connectivity index (χ0) is 13.4. The van der Waals surface area contributed by atoms with E-state index in [0.717, 1.165) is 16.9 Å². The molecule has 6 nitrogen and oxygen atoms in total. The van der Waals surface area contributed by atoms with E-state index in [1.165, 1.54) is 6.07 Å². The van der Waals surface area contributed by atoms with Crippen molar-refractivity contribution in [2.75, 3.05) is 5.73 Å². The lowest BCUT2D eigenvalue weighted by Gasteiger charge is -2.11. The number of hydrogen-bond donors (Lipinski definition) is 1. The summed E-state index contributed by atoms with van der Waals surface area (Å²) < 4.78 is 1.65. The number of anilines is 1. The molecule has 0 fully saturated rings. The molecule has 1 heterocycles. The Morgan fingerprint density at radius 2 is 2.00 bits per heavy atom. The van der Waals surface area contributed by atoms with E-state index in [-0.39, 0.29) is 10.6 Å². The maximum atomic E-state index is 11.0.